The van der Waals surface area contributed by atoms with Crippen molar-refractivity contribution in [3.8, 4) is 0 Å². The van der Waals surface area contributed by atoms with Gasteiger partial charge in [-0.2, -0.15) is 5.10 Å². The molecule has 0 saturated heterocycles. The zero-order valence-corrected chi connectivity index (χ0v) is 16.8. The molecule has 0 bridgehead atoms. The van der Waals surface area contributed by atoms with Crippen LogP contribution in [-0.2, 0) is 16.2 Å². The van der Waals surface area contributed by atoms with E-state index in [1.54, 1.807) is 0 Å². The van der Waals surface area contributed by atoms with Gasteiger partial charge in [0.05, 0.1) is 23.0 Å². The molecule has 8 heteroatoms. The summed E-state index contributed by atoms with van der Waals surface area (Å²) < 4.78 is 1.92. The molecule has 0 atom stereocenters. The van der Waals surface area contributed by atoms with E-state index in [-0.39, 0.29) is 11.8 Å². The molecule has 0 unspecified atom stereocenters. The van der Waals surface area contributed by atoms with Gasteiger partial charge in [-0.05, 0) is 38.7 Å². The largest absolute Gasteiger partial charge is 0.381 e. The lowest BCUT2D eigenvalue weighted by atomic mass is 9.70. The van der Waals surface area contributed by atoms with Crippen molar-refractivity contribution in [2.75, 3.05) is 5.32 Å². The van der Waals surface area contributed by atoms with Crippen molar-refractivity contribution in [1.29, 1.82) is 0 Å². The van der Waals surface area contributed by atoms with E-state index >= 15 is 0 Å². The minimum Gasteiger partial charge on any atom is -0.381 e. The number of carbonyl (C=O) groups excluding carboxylic acids is 1. The first-order valence-corrected chi connectivity index (χ1v) is 10.7. The van der Waals surface area contributed by atoms with Gasteiger partial charge in [0.15, 0.2) is 5.65 Å². The average molecular weight is 396 g/mol. The summed E-state index contributed by atoms with van der Waals surface area (Å²) in [4.78, 5) is 22.0. The van der Waals surface area contributed by atoms with Gasteiger partial charge in [-0.1, -0.05) is 19.3 Å². The highest BCUT2D eigenvalue weighted by Gasteiger charge is 2.50. The van der Waals surface area contributed by atoms with E-state index in [2.05, 4.69) is 28.9 Å². The van der Waals surface area contributed by atoms with Crippen molar-refractivity contribution in [1.82, 2.24) is 20.2 Å². The predicted molar refractivity (Wildman–Crippen MR) is 111 cm³/mol. The van der Waals surface area contributed by atoms with E-state index < -0.39 is 5.60 Å². The summed E-state index contributed by atoms with van der Waals surface area (Å²) in [5, 5.41) is 9.34. The maximum atomic E-state index is 11.4. The number of fused-ring (bicyclic) bond motifs is 1. The van der Waals surface area contributed by atoms with Crippen LogP contribution >= 0.6 is 0 Å². The summed E-state index contributed by atoms with van der Waals surface area (Å²) >= 11 is 0. The van der Waals surface area contributed by atoms with Crippen LogP contribution in [-0.4, -0.2) is 32.3 Å². The van der Waals surface area contributed by atoms with Crippen LogP contribution in [0.1, 0.15) is 57.4 Å². The molecule has 2 aromatic rings. The van der Waals surface area contributed by atoms with Crippen LogP contribution in [0.2, 0.25) is 0 Å². The standard InChI is InChI=1S/C21H28N6O2/c1-2-27-20-16(12-24-27)18(25-14-6-4-3-5-7-14)15(11-23-20)17-10-21(29-26-17)8-13(9-21)19(22)28/h10-14,26H,2-9H2,1H3,(H2,22,28)(H,23,25). The Bertz CT molecular complexity index is 969. The molecule has 0 aromatic carbocycles. The summed E-state index contributed by atoms with van der Waals surface area (Å²) in [5.41, 5.74) is 11.9. The maximum Gasteiger partial charge on any atom is 0.220 e. The molecule has 2 saturated carbocycles. The molecule has 5 rings (SSSR count). The average Bonchev–Trinajstić information content (AvgIpc) is 3.32. The molecule has 8 nitrogen and oxygen atoms in total. The van der Waals surface area contributed by atoms with Crippen molar-refractivity contribution < 1.29 is 9.63 Å². The van der Waals surface area contributed by atoms with Crippen molar-refractivity contribution in [3.05, 3.63) is 24.0 Å². The highest BCUT2D eigenvalue weighted by molar-refractivity contribution is 5.96. The third-order valence-electron chi connectivity index (χ3n) is 6.57. The number of nitrogens with two attached hydrogens (primary N) is 1. The van der Waals surface area contributed by atoms with Crippen molar-refractivity contribution in [2.45, 2.75) is 70.1 Å². The zero-order chi connectivity index (χ0) is 20.0. The number of hydrogen-bond donors (Lipinski definition) is 3. The fourth-order valence-electron chi connectivity index (χ4n) is 4.86. The number of aromatic nitrogens is 3. The minimum absolute atomic E-state index is 0.115. The van der Waals surface area contributed by atoms with Gasteiger partial charge < -0.3 is 11.1 Å². The van der Waals surface area contributed by atoms with Crippen LogP contribution in [0.15, 0.2) is 18.5 Å². The van der Waals surface area contributed by atoms with Gasteiger partial charge in [-0.15, -0.1) is 0 Å². The SMILES string of the molecule is CCn1ncc2c(NC3CCCCC3)c(C3=CC4(CC(C(N)=O)C4)ON3)cnc21. The Morgan fingerprint density at radius 3 is 2.86 bits per heavy atom. The Kier molecular flexibility index (Phi) is 4.46. The number of hydrogen-bond acceptors (Lipinski definition) is 6. The molecule has 3 heterocycles. The molecule has 2 aliphatic carbocycles. The lowest BCUT2D eigenvalue weighted by Crippen LogP contribution is -2.48. The van der Waals surface area contributed by atoms with Crippen LogP contribution in [0.5, 0.6) is 0 Å². The number of pyridine rings is 1. The molecule has 0 radical (unpaired) electrons. The smallest absolute Gasteiger partial charge is 0.220 e. The second-order valence-electron chi connectivity index (χ2n) is 8.56. The number of hydroxylamine groups is 1. The van der Waals surface area contributed by atoms with Gasteiger partial charge in [0.25, 0.3) is 0 Å². The molecular weight excluding hydrogens is 368 g/mol. The quantitative estimate of drug-likeness (QED) is 0.717. The Morgan fingerprint density at radius 1 is 1.34 bits per heavy atom. The first-order valence-electron chi connectivity index (χ1n) is 10.7. The van der Waals surface area contributed by atoms with Gasteiger partial charge in [-0.25, -0.2) is 9.67 Å². The number of anilines is 1. The van der Waals surface area contributed by atoms with E-state index in [1.165, 1.54) is 32.1 Å². The lowest BCUT2D eigenvalue weighted by molar-refractivity contribution is -0.144. The number of aryl methyl sites for hydroxylation is 1. The molecule has 29 heavy (non-hydrogen) atoms. The van der Waals surface area contributed by atoms with E-state index in [0.717, 1.165) is 34.5 Å². The Balaban J connectivity index is 1.51. The minimum atomic E-state index is -0.445. The van der Waals surface area contributed by atoms with Crippen LogP contribution in [0, 0.1) is 5.92 Å². The highest BCUT2D eigenvalue weighted by atomic mass is 16.7. The molecule has 1 spiro atoms. The van der Waals surface area contributed by atoms with Crippen LogP contribution < -0.4 is 16.5 Å². The van der Waals surface area contributed by atoms with Crippen LogP contribution in [0.3, 0.4) is 0 Å². The molecule has 2 fully saturated rings. The third-order valence-corrected chi connectivity index (χ3v) is 6.57. The molecule has 154 valence electrons. The summed E-state index contributed by atoms with van der Waals surface area (Å²) in [6.45, 7) is 2.85. The summed E-state index contributed by atoms with van der Waals surface area (Å²) in [6.07, 6.45) is 13.3. The number of nitrogens with one attached hydrogen (secondary N) is 2. The first kappa shape index (κ1) is 18.4. The molecule has 2 aromatic heterocycles. The zero-order valence-electron chi connectivity index (χ0n) is 16.8. The van der Waals surface area contributed by atoms with Gasteiger partial charge in [-0.3, -0.25) is 15.1 Å². The topological polar surface area (TPSA) is 107 Å². The van der Waals surface area contributed by atoms with Gasteiger partial charge in [0, 0.05) is 30.3 Å². The summed E-state index contributed by atoms with van der Waals surface area (Å²) in [5.74, 6) is -0.369. The first-order chi connectivity index (χ1) is 14.1. The third kappa shape index (κ3) is 3.15. The Morgan fingerprint density at radius 2 is 2.14 bits per heavy atom. The van der Waals surface area contributed by atoms with Crippen LogP contribution in [0.4, 0.5) is 5.69 Å². The number of carbonyl (C=O) groups is 1. The Hall–Kier alpha value is -2.61. The highest BCUT2D eigenvalue weighted by Crippen LogP contribution is 2.46. The lowest BCUT2D eigenvalue weighted by Gasteiger charge is -2.39. The van der Waals surface area contributed by atoms with Gasteiger partial charge >= 0.3 is 0 Å². The van der Waals surface area contributed by atoms with E-state index in [1.807, 2.05) is 17.1 Å². The summed E-state index contributed by atoms with van der Waals surface area (Å²) in [7, 11) is 0. The molecule has 1 aliphatic heterocycles. The molecule has 3 aliphatic rings. The van der Waals surface area contributed by atoms with E-state index in [0.29, 0.717) is 18.9 Å². The fraction of sp³-hybridized carbons (Fsp3) is 0.571. The molecular formula is C21H28N6O2. The molecule has 4 N–H and O–H groups in total. The number of primary amides is 1. The maximum absolute atomic E-state index is 11.4. The second-order valence-corrected chi connectivity index (χ2v) is 8.56. The summed E-state index contributed by atoms with van der Waals surface area (Å²) in [6, 6.07) is 0.456. The van der Waals surface area contributed by atoms with Gasteiger partial charge in [0.2, 0.25) is 5.91 Å². The number of rotatable bonds is 5. The van der Waals surface area contributed by atoms with E-state index in [9.17, 15) is 4.79 Å². The van der Waals surface area contributed by atoms with Crippen molar-refractivity contribution in [3.63, 3.8) is 0 Å². The van der Waals surface area contributed by atoms with Crippen LogP contribution in [0.25, 0.3) is 16.7 Å². The second kappa shape index (κ2) is 7.02. The Labute approximate surface area is 169 Å². The molecule has 1 amide bonds. The number of amides is 1. The fourth-order valence-corrected chi connectivity index (χ4v) is 4.86. The predicted octanol–water partition coefficient (Wildman–Crippen LogP) is 2.71. The van der Waals surface area contributed by atoms with Gasteiger partial charge in [0.1, 0.15) is 5.60 Å². The van der Waals surface area contributed by atoms with Crippen molar-refractivity contribution >= 4 is 28.3 Å². The normalized spacial score (nSPS) is 26.9. The van der Waals surface area contributed by atoms with Crippen molar-refractivity contribution in [2.24, 2.45) is 11.7 Å². The number of nitrogens with zero attached hydrogens (tertiary/aromatic N) is 3. The monoisotopic (exact) mass is 396 g/mol. The van der Waals surface area contributed by atoms with E-state index in [4.69, 9.17) is 15.6 Å².